The van der Waals surface area contributed by atoms with Crippen LogP contribution in [-0.2, 0) is 4.74 Å². The highest BCUT2D eigenvalue weighted by atomic mass is 16.5. The van der Waals surface area contributed by atoms with E-state index >= 15 is 0 Å². The molecule has 0 bridgehead atoms. The van der Waals surface area contributed by atoms with Gasteiger partial charge in [0, 0.05) is 12.5 Å². The molecule has 1 saturated carbocycles. The van der Waals surface area contributed by atoms with Gasteiger partial charge in [-0.2, -0.15) is 0 Å². The molecule has 1 aliphatic carbocycles. The highest BCUT2D eigenvalue weighted by molar-refractivity contribution is 4.82. The maximum absolute atomic E-state index is 10.3. The van der Waals surface area contributed by atoms with Crippen molar-refractivity contribution in [2.24, 2.45) is 11.8 Å². The quantitative estimate of drug-likeness (QED) is 0.796. The van der Waals surface area contributed by atoms with Crippen LogP contribution in [-0.4, -0.2) is 23.9 Å². The zero-order chi connectivity index (χ0) is 12.1. The first-order valence-corrected chi connectivity index (χ1v) is 7.61. The first kappa shape index (κ1) is 13.4. The fraction of sp³-hybridized carbons (Fsp3) is 1.00. The predicted molar refractivity (Wildman–Crippen MR) is 70.0 cm³/mol. The lowest BCUT2D eigenvalue weighted by Gasteiger charge is -2.26. The average molecular weight is 240 g/mol. The SMILES string of the molecule is CCC1OCCC1C(O)CCC1CCCCC1. The fourth-order valence-corrected chi connectivity index (χ4v) is 3.62. The Bertz CT molecular complexity index is 211. The van der Waals surface area contributed by atoms with Gasteiger partial charge in [0.15, 0.2) is 0 Å². The van der Waals surface area contributed by atoms with E-state index in [-0.39, 0.29) is 6.10 Å². The highest BCUT2D eigenvalue weighted by Gasteiger charge is 2.32. The molecule has 1 N–H and O–H groups in total. The second kappa shape index (κ2) is 6.75. The Labute approximate surface area is 106 Å². The van der Waals surface area contributed by atoms with Gasteiger partial charge in [0.25, 0.3) is 0 Å². The molecule has 3 atom stereocenters. The topological polar surface area (TPSA) is 29.5 Å². The van der Waals surface area contributed by atoms with Crippen molar-refractivity contribution in [2.75, 3.05) is 6.61 Å². The summed E-state index contributed by atoms with van der Waals surface area (Å²) >= 11 is 0. The van der Waals surface area contributed by atoms with Crippen LogP contribution in [0.25, 0.3) is 0 Å². The Balaban J connectivity index is 1.70. The van der Waals surface area contributed by atoms with Crippen LogP contribution in [0.15, 0.2) is 0 Å². The Morgan fingerprint density at radius 2 is 1.94 bits per heavy atom. The van der Waals surface area contributed by atoms with Crippen molar-refractivity contribution in [3.63, 3.8) is 0 Å². The van der Waals surface area contributed by atoms with Gasteiger partial charge in [-0.05, 0) is 31.6 Å². The predicted octanol–water partition coefficient (Wildman–Crippen LogP) is 3.52. The summed E-state index contributed by atoms with van der Waals surface area (Å²) in [6.45, 7) is 3.01. The standard InChI is InChI=1S/C15H28O2/c1-2-15-13(10-11-17-15)14(16)9-8-12-6-4-3-5-7-12/h12-16H,2-11H2,1H3. The van der Waals surface area contributed by atoms with Crippen molar-refractivity contribution in [3.8, 4) is 0 Å². The van der Waals surface area contributed by atoms with Crippen LogP contribution in [0.5, 0.6) is 0 Å². The lowest BCUT2D eigenvalue weighted by molar-refractivity contribution is 0.0243. The van der Waals surface area contributed by atoms with Crippen molar-refractivity contribution in [1.82, 2.24) is 0 Å². The molecule has 0 radical (unpaired) electrons. The Kier molecular flexibility index (Phi) is 5.30. The molecule has 17 heavy (non-hydrogen) atoms. The Morgan fingerprint density at radius 3 is 2.65 bits per heavy atom. The number of aliphatic hydroxyl groups excluding tert-OH is 1. The number of hydrogen-bond donors (Lipinski definition) is 1. The van der Waals surface area contributed by atoms with E-state index in [0.717, 1.165) is 31.8 Å². The number of hydrogen-bond acceptors (Lipinski definition) is 2. The molecule has 2 heteroatoms. The smallest absolute Gasteiger partial charge is 0.0626 e. The van der Waals surface area contributed by atoms with E-state index in [1.807, 2.05) is 0 Å². The van der Waals surface area contributed by atoms with Crippen LogP contribution in [0, 0.1) is 11.8 Å². The summed E-state index contributed by atoms with van der Waals surface area (Å²) in [6.07, 6.45) is 11.6. The van der Waals surface area contributed by atoms with Crippen molar-refractivity contribution in [1.29, 1.82) is 0 Å². The summed E-state index contributed by atoms with van der Waals surface area (Å²) in [5, 5.41) is 10.3. The summed E-state index contributed by atoms with van der Waals surface area (Å²) in [4.78, 5) is 0. The van der Waals surface area contributed by atoms with Crippen LogP contribution >= 0.6 is 0 Å². The van der Waals surface area contributed by atoms with Crippen molar-refractivity contribution in [3.05, 3.63) is 0 Å². The molecule has 0 spiro atoms. The Morgan fingerprint density at radius 1 is 1.18 bits per heavy atom. The zero-order valence-electron chi connectivity index (χ0n) is 11.2. The molecule has 3 unspecified atom stereocenters. The maximum Gasteiger partial charge on any atom is 0.0626 e. The van der Waals surface area contributed by atoms with E-state index in [9.17, 15) is 5.11 Å². The molecule has 1 heterocycles. The summed E-state index contributed by atoms with van der Waals surface area (Å²) in [5.74, 6) is 1.30. The van der Waals surface area contributed by atoms with E-state index in [0.29, 0.717) is 12.0 Å². The van der Waals surface area contributed by atoms with Gasteiger partial charge >= 0.3 is 0 Å². The molecular formula is C15H28O2. The van der Waals surface area contributed by atoms with Crippen molar-refractivity contribution in [2.45, 2.75) is 76.9 Å². The lowest BCUT2D eigenvalue weighted by atomic mass is 9.83. The summed E-state index contributed by atoms with van der Waals surface area (Å²) in [7, 11) is 0. The van der Waals surface area contributed by atoms with E-state index in [2.05, 4.69) is 6.92 Å². The molecule has 0 aromatic carbocycles. The number of rotatable bonds is 5. The third kappa shape index (κ3) is 3.69. The van der Waals surface area contributed by atoms with Crippen molar-refractivity contribution >= 4 is 0 Å². The molecule has 100 valence electrons. The van der Waals surface area contributed by atoms with Gasteiger partial charge in [0.2, 0.25) is 0 Å². The van der Waals surface area contributed by atoms with Crippen LogP contribution in [0.3, 0.4) is 0 Å². The van der Waals surface area contributed by atoms with Gasteiger partial charge in [-0.15, -0.1) is 0 Å². The minimum atomic E-state index is -0.121. The van der Waals surface area contributed by atoms with Gasteiger partial charge < -0.3 is 9.84 Å². The molecule has 2 rings (SSSR count). The fourth-order valence-electron chi connectivity index (χ4n) is 3.62. The molecule has 0 aromatic heterocycles. The lowest BCUT2D eigenvalue weighted by Crippen LogP contribution is -2.28. The van der Waals surface area contributed by atoms with Crippen LogP contribution in [0.1, 0.15) is 64.7 Å². The van der Waals surface area contributed by atoms with Gasteiger partial charge in [0.05, 0.1) is 12.2 Å². The van der Waals surface area contributed by atoms with E-state index < -0.39 is 0 Å². The van der Waals surface area contributed by atoms with Crippen LogP contribution < -0.4 is 0 Å². The molecule has 1 aliphatic heterocycles. The summed E-state index contributed by atoms with van der Waals surface area (Å²) in [6, 6.07) is 0. The normalized spacial score (nSPS) is 32.8. The molecule has 0 aromatic rings. The van der Waals surface area contributed by atoms with E-state index in [4.69, 9.17) is 4.74 Å². The second-order valence-corrected chi connectivity index (χ2v) is 5.92. The Hall–Kier alpha value is -0.0800. The monoisotopic (exact) mass is 240 g/mol. The summed E-state index contributed by atoms with van der Waals surface area (Å²) < 4.78 is 5.67. The van der Waals surface area contributed by atoms with E-state index in [1.54, 1.807) is 0 Å². The third-order valence-electron chi connectivity index (χ3n) is 4.75. The molecule has 2 nitrogen and oxygen atoms in total. The van der Waals surface area contributed by atoms with Crippen LogP contribution in [0.2, 0.25) is 0 Å². The van der Waals surface area contributed by atoms with Gasteiger partial charge in [0.1, 0.15) is 0 Å². The number of ether oxygens (including phenoxy) is 1. The first-order valence-electron chi connectivity index (χ1n) is 7.61. The van der Waals surface area contributed by atoms with Gasteiger partial charge in [-0.25, -0.2) is 0 Å². The number of aliphatic hydroxyl groups is 1. The zero-order valence-corrected chi connectivity index (χ0v) is 11.2. The average Bonchev–Trinajstić information content (AvgIpc) is 2.85. The molecule has 2 aliphatic rings. The minimum absolute atomic E-state index is 0.121. The van der Waals surface area contributed by atoms with Crippen LogP contribution in [0.4, 0.5) is 0 Å². The third-order valence-corrected chi connectivity index (χ3v) is 4.75. The van der Waals surface area contributed by atoms with Gasteiger partial charge in [-0.3, -0.25) is 0 Å². The first-order chi connectivity index (χ1) is 8.31. The molecular weight excluding hydrogens is 212 g/mol. The van der Waals surface area contributed by atoms with Crippen molar-refractivity contribution < 1.29 is 9.84 Å². The molecule has 0 amide bonds. The largest absolute Gasteiger partial charge is 0.393 e. The molecule has 1 saturated heterocycles. The second-order valence-electron chi connectivity index (χ2n) is 5.92. The maximum atomic E-state index is 10.3. The highest BCUT2D eigenvalue weighted by Crippen LogP contribution is 2.32. The van der Waals surface area contributed by atoms with E-state index in [1.165, 1.54) is 38.5 Å². The molecule has 2 fully saturated rings. The summed E-state index contributed by atoms with van der Waals surface area (Å²) in [5.41, 5.74) is 0. The van der Waals surface area contributed by atoms with Gasteiger partial charge in [-0.1, -0.05) is 39.0 Å². The minimum Gasteiger partial charge on any atom is -0.393 e.